The highest BCUT2D eigenvalue weighted by molar-refractivity contribution is 5.46. The van der Waals surface area contributed by atoms with E-state index in [2.05, 4.69) is 25.8 Å². The van der Waals surface area contributed by atoms with Gasteiger partial charge in [0.2, 0.25) is 0 Å². The second-order valence-electron chi connectivity index (χ2n) is 10.8. The number of aromatic nitrogens is 2. The number of rotatable bonds is 4. The summed E-state index contributed by atoms with van der Waals surface area (Å²) < 4.78 is 19.8. The second-order valence-corrected chi connectivity index (χ2v) is 10.8. The van der Waals surface area contributed by atoms with Crippen LogP contribution in [0.25, 0.3) is 0 Å². The summed E-state index contributed by atoms with van der Waals surface area (Å²) >= 11 is 0. The average molecular weight is 451 g/mol. The maximum Gasteiger partial charge on any atom is 0.123 e. The highest BCUT2D eigenvalue weighted by atomic mass is 19.1. The van der Waals surface area contributed by atoms with Gasteiger partial charge in [-0.25, -0.2) is 14.4 Å². The standard InChI is InChI=1S/C27H35FN4O/c28-22-1-2-25(21-6-11-33-12-7-21)26(13-22)20-4-9-31(10-5-20)23-3-8-27(14-23)17-32(18-27)24-15-29-19-30-16-24/h1-2,13,15-16,19-21,23H,3-12,14,17-18H2. The summed E-state index contributed by atoms with van der Waals surface area (Å²) in [5.41, 5.74) is 4.31. The predicted octanol–water partition coefficient (Wildman–Crippen LogP) is 4.75. The number of hydrogen-bond acceptors (Lipinski definition) is 5. The van der Waals surface area contributed by atoms with Crippen molar-refractivity contribution in [3.8, 4) is 0 Å². The Morgan fingerprint density at radius 2 is 1.64 bits per heavy atom. The molecule has 1 unspecified atom stereocenters. The van der Waals surface area contributed by atoms with E-state index in [0.717, 1.165) is 70.8 Å². The molecule has 3 aliphatic heterocycles. The molecule has 1 aromatic heterocycles. The van der Waals surface area contributed by atoms with Gasteiger partial charge in [0.25, 0.3) is 0 Å². The van der Waals surface area contributed by atoms with Gasteiger partial charge in [0.15, 0.2) is 0 Å². The summed E-state index contributed by atoms with van der Waals surface area (Å²) in [6.45, 7) is 6.24. The molecule has 1 spiro atoms. The van der Waals surface area contributed by atoms with Crippen LogP contribution < -0.4 is 4.90 Å². The van der Waals surface area contributed by atoms with Gasteiger partial charge in [-0.15, -0.1) is 0 Å². The van der Waals surface area contributed by atoms with E-state index in [1.807, 2.05) is 18.5 Å². The van der Waals surface area contributed by atoms with Gasteiger partial charge in [0, 0.05) is 37.8 Å². The third-order valence-corrected chi connectivity index (χ3v) is 8.84. The van der Waals surface area contributed by atoms with Crippen molar-refractivity contribution in [1.82, 2.24) is 14.9 Å². The first-order valence-corrected chi connectivity index (χ1v) is 12.8. The number of ether oxygens (including phenoxy) is 1. The zero-order chi connectivity index (χ0) is 22.3. The molecule has 0 bridgehead atoms. The van der Waals surface area contributed by atoms with Gasteiger partial charge in [0.05, 0.1) is 18.1 Å². The van der Waals surface area contributed by atoms with Crippen molar-refractivity contribution < 1.29 is 9.13 Å². The molecule has 1 saturated carbocycles. The predicted molar refractivity (Wildman–Crippen MR) is 127 cm³/mol. The van der Waals surface area contributed by atoms with E-state index in [9.17, 15) is 4.39 Å². The van der Waals surface area contributed by atoms with Crippen LogP contribution in [0.4, 0.5) is 10.1 Å². The summed E-state index contributed by atoms with van der Waals surface area (Å²) in [7, 11) is 0. The monoisotopic (exact) mass is 450 g/mol. The molecule has 4 heterocycles. The van der Waals surface area contributed by atoms with E-state index >= 15 is 0 Å². The zero-order valence-corrected chi connectivity index (χ0v) is 19.5. The number of halogens is 1. The molecule has 0 radical (unpaired) electrons. The molecule has 1 aromatic carbocycles. The maximum atomic E-state index is 14.2. The molecule has 6 rings (SSSR count). The Bertz CT molecular complexity index is 950. The van der Waals surface area contributed by atoms with Crippen molar-refractivity contribution in [2.45, 2.75) is 62.8 Å². The molecule has 176 valence electrons. The minimum absolute atomic E-state index is 0.0840. The Labute approximate surface area is 196 Å². The lowest BCUT2D eigenvalue weighted by Gasteiger charge is -2.50. The third-order valence-electron chi connectivity index (χ3n) is 8.84. The number of benzene rings is 1. The van der Waals surface area contributed by atoms with Crippen LogP contribution in [0.5, 0.6) is 0 Å². The number of likely N-dealkylation sites (tertiary alicyclic amines) is 1. The molecule has 0 N–H and O–H groups in total. The van der Waals surface area contributed by atoms with Crippen molar-refractivity contribution >= 4 is 5.69 Å². The molecular weight excluding hydrogens is 415 g/mol. The Hall–Kier alpha value is -2.05. The fourth-order valence-corrected chi connectivity index (χ4v) is 7.03. The fourth-order valence-electron chi connectivity index (χ4n) is 7.03. The van der Waals surface area contributed by atoms with Crippen molar-refractivity contribution in [2.24, 2.45) is 5.41 Å². The van der Waals surface area contributed by atoms with Crippen molar-refractivity contribution in [1.29, 1.82) is 0 Å². The van der Waals surface area contributed by atoms with Crippen molar-refractivity contribution in [2.75, 3.05) is 44.3 Å². The fraction of sp³-hybridized carbons (Fsp3) is 0.630. The van der Waals surface area contributed by atoms with Crippen LogP contribution in [0.1, 0.15) is 67.9 Å². The smallest absolute Gasteiger partial charge is 0.123 e. The number of hydrogen-bond donors (Lipinski definition) is 0. The third kappa shape index (κ3) is 4.28. The van der Waals surface area contributed by atoms with Crippen LogP contribution in [-0.4, -0.2) is 60.3 Å². The molecule has 4 fully saturated rings. The van der Waals surface area contributed by atoms with Gasteiger partial charge in [-0.2, -0.15) is 0 Å². The van der Waals surface area contributed by atoms with E-state index in [0.29, 0.717) is 23.3 Å². The van der Waals surface area contributed by atoms with Crippen LogP contribution in [0.15, 0.2) is 36.9 Å². The number of anilines is 1. The Morgan fingerprint density at radius 1 is 0.909 bits per heavy atom. The molecule has 3 saturated heterocycles. The van der Waals surface area contributed by atoms with E-state index in [1.54, 1.807) is 12.4 Å². The molecule has 0 amide bonds. The lowest BCUT2D eigenvalue weighted by Crippen LogP contribution is -2.56. The second kappa shape index (κ2) is 8.95. The van der Waals surface area contributed by atoms with Crippen LogP contribution in [-0.2, 0) is 4.74 Å². The summed E-state index contributed by atoms with van der Waals surface area (Å²) in [6, 6.07) is 6.27. The van der Waals surface area contributed by atoms with E-state index in [1.165, 1.54) is 30.4 Å². The van der Waals surface area contributed by atoms with E-state index in [4.69, 9.17) is 4.74 Å². The maximum absolute atomic E-state index is 14.2. The molecular formula is C27H35FN4O. The first-order valence-electron chi connectivity index (χ1n) is 12.8. The van der Waals surface area contributed by atoms with Gasteiger partial charge in [-0.3, -0.25) is 0 Å². The molecule has 1 atom stereocenters. The van der Waals surface area contributed by atoms with Crippen LogP contribution in [0.2, 0.25) is 0 Å². The topological polar surface area (TPSA) is 41.5 Å². The highest BCUT2D eigenvalue weighted by Crippen LogP contribution is 2.49. The quantitative estimate of drug-likeness (QED) is 0.673. The first kappa shape index (κ1) is 21.5. The normalized spacial score (nSPS) is 26.6. The van der Waals surface area contributed by atoms with Gasteiger partial charge < -0.3 is 14.5 Å². The van der Waals surface area contributed by atoms with Gasteiger partial charge >= 0.3 is 0 Å². The van der Waals surface area contributed by atoms with E-state index < -0.39 is 0 Å². The Balaban J connectivity index is 1.06. The van der Waals surface area contributed by atoms with Crippen molar-refractivity contribution in [3.05, 3.63) is 53.9 Å². The zero-order valence-electron chi connectivity index (χ0n) is 19.5. The summed E-state index contributed by atoms with van der Waals surface area (Å²) in [5, 5.41) is 0. The molecule has 33 heavy (non-hydrogen) atoms. The van der Waals surface area contributed by atoms with Gasteiger partial charge in [-0.05, 0) is 93.1 Å². The lowest BCUT2D eigenvalue weighted by atomic mass is 9.77. The SMILES string of the molecule is Fc1ccc(C2CCOCC2)c(C2CCN(C3CCC4(C3)CN(c3cncnc3)C4)CC2)c1. The summed E-state index contributed by atoms with van der Waals surface area (Å²) in [4.78, 5) is 13.5. The number of nitrogens with zero attached hydrogens (tertiary/aromatic N) is 4. The minimum atomic E-state index is -0.0840. The van der Waals surface area contributed by atoms with Crippen molar-refractivity contribution in [3.63, 3.8) is 0 Å². The largest absolute Gasteiger partial charge is 0.381 e. The molecule has 2 aromatic rings. The Morgan fingerprint density at radius 3 is 2.39 bits per heavy atom. The number of piperidine rings is 1. The minimum Gasteiger partial charge on any atom is -0.381 e. The molecule has 4 aliphatic rings. The highest BCUT2D eigenvalue weighted by Gasteiger charge is 2.49. The summed E-state index contributed by atoms with van der Waals surface area (Å²) in [6.07, 6.45) is 13.8. The Kier molecular flexibility index (Phi) is 5.83. The molecule has 5 nitrogen and oxygen atoms in total. The van der Waals surface area contributed by atoms with Gasteiger partial charge in [-0.1, -0.05) is 6.07 Å². The lowest BCUT2D eigenvalue weighted by molar-refractivity contribution is 0.0848. The first-order chi connectivity index (χ1) is 16.2. The average Bonchev–Trinajstić information content (AvgIpc) is 3.30. The molecule has 1 aliphatic carbocycles. The van der Waals surface area contributed by atoms with Crippen LogP contribution in [0, 0.1) is 11.2 Å². The summed E-state index contributed by atoms with van der Waals surface area (Å²) in [5.74, 6) is 0.931. The van der Waals surface area contributed by atoms with Crippen LogP contribution >= 0.6 is 0 Å². The molecule has 6 heteroatoms. The van der Waals surface area contributed by atoms with Gasteiger partial charge in [0.1, 0.15) is 12.1 Å². The van der Waals surface area contributed by atoms with Crippen LogP contribution in [0.3, 0.4) is 0 Å². The van der Waals surface area contributed by atoms with E-state index in [-0.39, 0.29) is 5.82 Å².